The van der Waals surface area contributed by atoms with Gasteiger partial charge in [-0.15, -0.1) is 11.8 Å². The van der Waals surface area contributed by atoms with E-state index in [2.05, 4.69) is 21.2 Å². The van der Waals surface area contributed by atoms with Crippen LogP contribution in [0.5, 0.6) is 0 Å². The van der Waals surface area contributed by atoms with Crippen molar-refractivity contribution in [2.24, 2.45) is 0 Å². The minimum Gasteiger partial charge on any atom is -0.455 e. The van der Waals surface area contributed by atoms with Crippen LogP contribution in [0.1, 0.15) is 11.1 Å². The van der Waals surface area contributed by atoms with Crippen molar-refractivity contribution in [1.29, 1.82) is 0 Å². The highest BCUT2D eigenvalue weighted by Gasteiger charge is 2.29. The molecule has 3 rings (SSSR count). The number of nitrogens with one attached hydrogen (secondary N) is 1. The van der Waals surface area contributed by atoms with Gasteiger partial charge in [-0.3, -0.25) is 9.59 Å². The zero-order valence-electron chi connectivity index (χ0n) is 13.0. The van der Waals surface area contributed by atoms with E-state index in [0.29, 0.717) is 12.1 Å². The number of hydrogen-bond donors (Lipinski definition) is 1. The molecule has 0 saturated carbocycles. The Balaban J connectivity index is 1.51. The number of ether oxygens (including phenoxy) is 1. The number of fused-ring (bicyclic) bond motifs is 1. The van der Waals surface area contributed by atoms with Crippen LogP contribution in [0.25, 0.3) is 0 Å². The number of carbonyl (C=O) groups is 2. The third-order valence-corrected chi connectivity index (χ3v) is 5.61. The summed E-state index contributed by atoms with van der Waals surface area (Å²) < 4.78 is 5.96. The Morgan fingerprint density at radius 3 is 2.83 bits per heavy atom. The van der Waals surface area contributed by atoms with Gasteiger partial charge in [-0.25, -0.2) is 0 Å². The summed E-state index contributed by atoms with van der Waals surface area (Å²) in [6.45, 7) is 1.68. The van der Waals surface area contributed by atoms with Gasteiger partial charge in [0.2, 0.25) is 0 Å². The number of rotatable bonds is 4. The van der Waals surface area contributed by atoms with E-state index in [1.54, 1.807) is 0 Å². The molecule has 124 valence electrons. The fourth-order valence-corrected chi connectivity index (χ4v) is 4.24. The number of thioether (sulfide) groups is 1. The second kappa shape index (κ2) is 7.40. The summed E-state index contributed by atoms with van der Waals surface area (Å²) in [4.78, 5) is 25.2. The van der Waals surface area contributed by atoms with E-state index in [1.807, 2.05) is 49.4 Å². The number of halogens is 1. The minimum absolute atomic E-state index is 0.277. The molecule has 0 aromatic heterocycles. The highest BCUT2D eigenvalue weighted by atomic mass is 79.9. The maximum Gasteiger partial charge on any atom is 0.320 e. The molecule has 1 unspecified atom stereocenters. The van der Waals surface area contributed by atoms with Gasteiger partial charge in [0.1, 0.15) is 5.25 Å². The normalized spacial score (nSPS) is 15.7. The summed E-state index contributed by atoms with van der Waals surface area (Å²) in [5.74, 6) is -0.706. The van der Waals surface area contributed by atoms with Crippen LogP contribution >= 0.6 is 27.7 Å². The van der Waals surface area contributed by atoms with Crippen molar-refractivity contribution < 1.29 is 14.3 Å². The molecule has 0 saturated heterocycles. The van der Waals surface area contributed by atoms with E-state index in [0.717, 1.165) is 20.5 Å². The number of amides is 1. The summed E-state index contributed by atoms with van der Waals surface area (Å²) in [7, 11) is 0. The van der Waals surface area contributed by atoms with Crippen LogP contribution in [0.2, 0.25) is 0 Å². The molecule has 1 amide bonds. The van der Waals surface area contributed by atoms with E-state index in [9.17, 15) is 9.59 Å². The lowest BCUT2D eigenvalue weighted by Gasteiger charge is -2.11. The number of esters is 1. The van der Waals surface area contributed by atoms with Gasteiger partial charge in [0.15, 0.2) is 6.61 Å². The van der Waals surface area contributed by atoms with E-state index >= 15 is 0 Å². The van der Waals surface area contributed by atoms with E-state index < -0.39 is 0 Å². The molecule has 1 heterocycles. The van der Waals surface area contributed by atoms with Crippen molar-refractivity contribution >= 4 is 45.3 Å². The summed E-state index contributed by atoms with van der Waals surface area (Å²) in [5, 5.41) is 2.45. The Labute approximate surface area is 153 Å². The molecule has 0 spiro atoms. The smallest absolute Gasteiger partial charge is 0.320 e. The Morgan fingerprint density at radius 2 is 2.08 bits per heavy atom. The topological polar surface area (TPSA) is 55.4 Å². The fourth-order valence-electron chi connectivity index (χ4n) is 2.45. The molecule has 24 heavy (non-hydrogen) atoms. The van der Waals surface area contributed by atoms with Crippen LogP contribution < -0.4 is 5.32 Å². The third kappa shape index (κ3) is 3.99. The maximum atomic E-state index is 12.2. The summed E-state index contributed by atoms with van der Waals surface area (Å²) in [6, 6.07) is 13.5. The molecule has 1 aliphatic heterocycles. The first-order chi connectivity index (χ1) is 11.5. The standard InChI is InChI=1S/C18H16BrNO3S/c1-11-6-7-14(13(19)8-11)20-17(21)10-23-18(22)16-9-12-4-2-3-5-15(12)24-16/h2-8,16H,9-10H2,1H3,(H,20,21). The minimum atomic E-state index is -0.353. The third-order valence-electron chi connectivity index (χ3n) is 3.65. The van der Waals surface area contributed by atoms with Crippen LogP contribution in [0, 0.1) is 6.92 Å². The van der Waals surface area contributed by atoms with Gasteiger partial charge in [0.25, 0.3) is 5.91 Å². The van der Waals surface area contributed by atoms with Crippen LogP contribution in [0.3, 0.4) is 0 Å². The first-order valence-corrected chi connectivity index (χ1v) is 9.17. The fraction of sp³-hybridized carbons (Fsp3) is 0.222. The first kappa shape index (κ1) is 17.0. The average molecular weight is 406 g/mol. The molecule has 2 aromatic rings. The monoisotopic (exact) mass is 405 g/mol. The number of benzene rings is 2. The van der Waals surface area contributed by atoms with Gasteiger partial charge < -0.3 is 10.1 Å². The molecule has 0 bridgehead atoms. The zero-order valence-corrected chi connectivity index (χ0v) is 15.4. The molecule has 0 aliphatic carbocycles. The van der Waals surface area contributed by atoms with Gasteiger partial charge in [-0.1, -0.05) is 24.3 Å². The van der Waals surface area contributed by atoms with E-state index in [1.165, 1.54) is 11.8 Å². The largest absolute Gasteiger partial charge is 0.455 e. The lowest BCUT2D eigenvalue weighted by Crippen LogP contribution is -2.26. The average Bonchev–Trinajstić information content (AvgIpc) is 2.99. The van der Waals surface area contributed by atoms with Crippen molar-refractivity contribution in [3.05, 3.63) is 58.1 Å². The van der Waals surface area contributed by atoms with Crippen molar-refractivity contribution in [3.63, 3.8) is 0 Å². The molecular weight excluding hydrogens is 390 g/mol. The summed E-state index contributed by atoms with van der Waals surface area (Å²) in [6.07, 6.45) is 0.644. The summed E-state index contributed by atoms with van der Waals surface area (Å²) >= 11 is 4.89. The zero-order chi connectivity index (χ0) is 17.1. The molecule has 4 nitrogen and oxygen atoms in total. The molecule has 1 N–H and O–H groups in total. The highest BCUT2D eigenvalue weighted by molar-refractivity contribution is 9.10. The van der Waals surface area contributed by atoms with E-state index in [4.69, 9.17) is 4.74 Å². The van der Waals surface area contributed by atoms with Crippen molar-refractivity contribution in [2.45, 2.75) is 23.5 Å². The number of hydrogen-bond acceptors (Lipinski definition) is 4. The van der Waals surface area contributed by atoms with Gasteiger partial charge in [-0.05, 0) is 58.6 Å². The molecule has 1 aliphatic rings. The summed E-state index contributed by atoms with van der Waals surface area (Å²) in [5.41, 5.74) is 2.89. The molecule has 6 heteroatoms. The second-order valence-corrected chi connectivity index (χ2v) is 7.66. The Kier molecular flexibility index (Phi) is 5.26. The number of aryl methyl sites for hydroxylation is 1. The number of anilines is 1. The van der Waals surface area contributed by atoms with Gasteiger partial charge in [0.05, 0.1) is 5.69 Å². The van der Waals surface area contributed by atoms with Crippen LogP contribution in [-0.2, 0) is 20.7 Å². The van der Waals surface area contributed by atoms with Gasteiger partial charge >= 0.3 is 5.97 Å². The Morgan fingerprint density at radius 1 is 1.29 bits per heavy atom. The van der Waals surface area contributed by atoms with Crippen LogP contribution in [0.4, 0.5) is 5.69 Å². The van der Waals surface area contributed by atoms with Crippen LogP contribution in [0.15, 0.2) is 51.8 Å². The van der Waals surface area contributed by atoms with Gasteiger partial charge in [0, 0.05) is 9.37 Å². The molecule has 1 atom stereocenters. The quantitative estimate of drug-likeness (QED) is 0.782. The molecule has 2 aromatic carbocycles. The lowest BCUT2D eigenvalue weighted by atomic mass is 10.1. The van der Waals surface area contributed by atoms with Crippen molar-refractivity contribution in [2.75, 3.05) is 11.9 Å². The molecule has 0 fully saturated rings. The second-order valence-electron chi connectivity index (χ2n) is 5.56. The molecular formula is C18H16BrNO3S. The molecule has 0 radical (unpaired) electrons. The predicted octanol–water partition coefficient (Wildman–Crippen LogP) is 3.96. The predicted molar refractivity (Wildman–Crippen MR) is 98.3 cm³/mol. The Hall–Kier alpha value is -1.79. The van der Waals surface area contributed by atoms with Crippen molar-refractivity contribution in [3.8, 4) is 0 Å². The van der Waals surface area contributed by atoms with E-state index in [-0.39, 0.29) is 23.7 Å². The Bertz CT molecular complexity index is 769. The number of carbonyl (C=O) groups excluding carboxylic acids is 2. The van der Waals surface area contributed by atoms with Gasteiger partial charge in [-0.2, -0.15) is 0 Å². The van der Waals surface area contributed by atoms with Crippen LogP contribution in [-0.4, -0.2) is 23.7 Å². The maximum absolute atomic E-state index is 12.2. The lowest BCUT2D eigenvalue weighted by molar-refractivity contribution is -0.146. The SMILES string of the molecule is Cc1ccc(NC(=O)COC(=O)C2Cc3ccccc3S2)c(Br)c1. The van der Waals surface area contributed by atoms with Crippen molar-refractivity contribution in [1.82, 2.24) is 0 Å². The first-order valence-electron chi connectivity index (χ1n) is 7.50. The highest BCUT2D eigenvalue weighted by Crippen LogP contribution is 2.37.